The number of nitrogens with one attached hydrogen (secondary N) is 2. The first-order valence-electron chi connectivity index (χ1n) is 14.0. The van der Waals surface area contributed by atoms with Crippen LogP contribution in [0.2, 0.25) is 0 Å². The molecule has 1 aromatic heterocycles. The number of aromatic nitrogens is 1. The second-order valence-electron chi connectivity index (χ2n) is 10.3. The van der Waals surface area contributed by atoms with Crippen molar-refractivity contribution in [3.8, 4) is 5.75 Å². The Kier molecular flexibility index (Phi) is 14.9. The summed E-state index contributed by atoms with van der Waals surface area (Å²) >= 11 is 5.79. The number of hydrogen-bond donors (Lipinski definition) is 4. The number of thioether (sulfide) groups is 1. The zero-order valence-corrected chi connectivity index (χ0v) is 32.8. The van der Waals surface area contributed by atoms with E-state index < -0.39 is 62.9 Å². The van der Waals surface area contributed by atoms with E-state index in [4.69, 9.17) is 21.7 Å². The number of halogens is 1. The Morgan fingerprint density at radius 2 is 1.80 bits per heavy atom. The third kappa shape index (κ3) is 9.73. The van der Waals surface area contributed by atoms with Crippen molar-refractivity contribution in [1.29, 1.82) is 0 Å². The van der Waals surface area contributed by atoms with Crippen LogP contribution in [0, 0.1) is 5.82 Å². The van der Waals surface area contributed by atoms with Gasteiger partial charge in [0.05, 0.1) is 17.7 Å². The first kappa shape index (κ1) is 41.1. The molecule has 21 heteroatoms. The van der Waals surface area contributed by atoms with Crippen LogP contribution in [0.4, 0.5) is 10.1 Å². The molecule has 2 amide bonds. The van der Waals surface area contributed by atoms with E-state index in [1.54, 1.807) is 35.2 Å². The maximum absolute atomic E-state index is 15.1. The molecule has 1 unspecified atom stereocenters. The summed E-state index contributed by atoms with van der Waals surface area (Å²) in [5, 5.41) is 13.6. The minimum Gasteiger partial charge on any atom is -0.484 e. The number of nitrogens with zero attached hydrogens (tertiary/aromatic N) is 3. The Bertz CT molecular complexity index is 1900. The molecular weight excluding hydrogens is 728 g/mol. The molecule has 2 aromatic carbocycles. The number of rotatable bonds is 11. The molecule has 2 aliphatic heterocycles. The third-order valence-electron chi connectivity index (χ3n) is 7.28. The molecule has 2 aliphatic rings. The first-order valence-corrected chi connectivity index (χ1v) is 16.7. The number of aromatic carboxylic acids is 1. The van der Waals surface area contributed by atoms with Gasteiger partial charge in [-0.1, -0.05) is 18.2 Å². The summed E-state index contributed by atoms with van der Waals surface area (Å²) in [6.45, 7) is 1.49. The smallest absolute Gasteiger partial charge is 0.363 e. The molecule has 3 aromatic rings. The van der Waals surface area contributed by atoms with Gasteiger partial charge in [0, 0.05) is 96.9 Å². The quantitative estimate of drug-likeness (QED) is 0.0888. The normalized spacial score (nSPS) is 17.3. The van der Waals surface area contributed by atoms with E-state index in [0.29, 0.717) is 43.7 Å². The second-order valence-corrected chi connectivity index (χ2v) is 13.3. The molecule has 49 heavy (non-hydrogen) atoms. The molecule has 0 spiro atoms. The number of ether oxygens (including phenoxy) is 2. The summed E-state index contributed by atoms with van der Waals surface area (Å²) in [5.74, 6) is -3.64. The molecule has 0 aliphatic carbocycles. The summed E-state index contributed by atoms with van der Waals surface area (Å²) < 4.78 is 60.6. The SMILES string of the molecule is O=C(COc1ccccc1)N[C@H]1C(=O)N(S(=O)(=O)O)C1SC(=S)OCCn1cc(C(=O)O)c(=O)c2cc(F)c(N3CCNCC3)cc21.[Na].[Na]. The van der Waals surface area contributed by atoms with Crippen molar-refractivity contribution in [1.82, 2.24) is 19.5 Å². The summed E-state index contributed by atoms with van der Waals surface area (Å²) in [5.41, 5.74) is -0.955. The number of anilines is 1. The van der Waals surface area contributed by atoms with Crippen LogP contribution in [0.5, 0.6) is 5.75 Å². The van der Waals surface area contributed by atoms with E-state index in [1.807, 2.05) is 0 Å². The van der Waals surface area contributed by atoms with E-state index in [0.717, 1.165) is 12.3 Å². The molecule has 4 N–H and O–H groups in total. The molecule has 252 valence electrons. The van der Waals surface area contributed by atoms with Gasteiger partial charge in [-0.15, -0.1) is 0 Å². The van der Waals surface area contributed by atoms with Gasteiger partial charge in [-0.2, -0.15) is 12.7 Å². The topological polar surface area (TPSA) is 197 Å². The van der Waals surface area contributed by atoms with Gasteiger partial charge in [-0.05, 0) is 48.2 Å². The zero-order valence-electron chi connectivity index (χ0n) is 26.3. The fourth-order valence-corrected chi connectivity index (χ4v) is 7.49. The van der Waals surface area contributed by atoms with Crippen LogP contribution >= 0.6 is 24.0 Å². The Morgan fingerprint density at radius 3 is 2.43 bits per heavy atom. The van der Waals surface area contributed by atoms with E-state index in [1.165, 1.54) is 10.6 Å². The number of carbonyl (C=O) groups is 3. The van der Waals surface area contributed by atoms with Crippen LogP contribution in [0.1, 0.15) is 10.4 Å². The predicted octanol–water partition coefficient (Wildman–Crippen LogP) is 0.0564. The number of carboxylic acids is 1. The van der Waals surface area contributed by atoms with Gasteiger partial charge >= 0.3 is 16.3 Å². The van der Waals surface area contributed by atoms with Crippen molar-refractivity contribution in [2.45, 2.75) is 18.0 Å². The average molecular weight is 756 g/mol. The van der Waals surface area contributed by atoms with Crippen molar-refractivity contribution in [3.63, 3.8) is 0 Å². The summed E-state index contributed by atoms with van der Waals surface area (Å²) in [6.07, 6.45) is 1.11. The summed E-state index contributed by atoms with van der Waals surface area (Å²) in [7, 11) is -5.02. The van der Waals surface area contributed by atoms with E-state index in [9.17, 15) is 37.3 Å². The number of carboxylic acid groups (broad SMARTS) is 1. The van der Waals surface area contributed by atoms with Gasteiger partial charge < -0.3 is 34.7 Å². The summed E-state index contributed by atoms with van der Waals surface area (Å²) in [6, 6.07) is 9.43. The average Bonchev–Trinajstić information content (AvgIpc) is 3.03. The predicted molar refractivity (Wildman–Crippen MR) is 184 cm³/mol. The van der Waals surface area contributed by atoms with Crippen molar-refractivity contribution in [3.05, 3.63) is 70.3 Å². The number of β-lactam (4-membered cyclic amide) rings is 1. The van der Waals surface area contributed by atoms with Crippen molar-refractivity contribution >= 4 is 132 Å². The third-order valence-corrected chi connectivity index (χ3v) is 9.76. The minimum absolute atomic E-state index is 0. The zero-order chi connectivity index (χ0) is 33.9. The van der Waals surface area contributed by atoms with Crippen LogP contribution in [0.25, 0.3) is 10.9 Å². The number of para-hydroxylation sites is 1. The molecular formula is C28H28FN5Na2O10S3. The summed E-state index contributed by atoms with van der Waals surface area (Å²) in [4.78, 5) is 51.5. The molecule has 3 heterocycles. The van der Waals surface area contributed by atoms with E-state index in [-0.39, 0.29) is 97.5 Å². The van der Waals surface area contributed by atoms with Gasteiger partial charge in [-0.3, -0.25) is 18.9 Å². The standard InChI is InChI=1S/C28H28FN5O10S3.2Na/c29-19-12-17-20(13-21(19)32-8-6-30-7-9-32)33(14-18(24(17)36)27(38)39)10-11-43-28(45)46-26-23(25(37)34(26)47(40,41)42)31-22(35)15-44-16-4-2-1-3-5-16;;/h1-5,12-14,23,26,30H,6-11,15H2,(H,31,35)(H,38,39)(H,40,41,42);;/t23-,26?;;/m0../s1. The Morgan fingerprint density at radius 1 is 1.12 bits per heavy atom. The van der Waals surface area contributed by atoms with Gasteiger partial charge in [0.2, 0.25) is 9.81 Å². The van der Waals surface area contributed by atoms with Crippen molar-refractivity contribution < 1.29 is 46.3 Å². The van der Waals surface area contributed by atoms with Crippen molar-refractivity contribution in [2.75, 3.05) is 44.3 Å². The first-order chi connectivity index (χ1) is 22.3. The number of hydrogen-bond acceptors (Lipinski definition) is 12. The van der Waals surface area contributed by atoms with Crippen LogP contribution in [0.3, 0.4) is 0 Å². The van der Waals surface area contributed by atoms with Crippen LogP contribution in [0.15, 0.2) is 53.5 Å². The number of carbonyl (C=O) groups excluding carboxylic acids is 2. The Labute approximate surface area is 333 Å². The van der Waals surface area contributed by atoms with E-state index in [2.05, 4.69) is 10.6 Å². The van der Waals surface area contributed by atoms with Crippen molar-refractivity contribution in [2.24, 2.45) is 0 Å². The number of amides is 2. The van der Waals surface area contributed by atoms with Gasteiger partial charge in [0.1, 0.15) is 35.2 Å². The second kappa shape index (κ2) is 17.8. The molecule has 2 fully saturated rings. The molecule has 0 saturated carbocycles. The molecule has 2 radical (unpaired) electrons. The number of piperazine rings is 1. The largest absolute Gasteiger partial charge is 0.484 e. The monoisotopic (exact) mass is 755 g/mol. The molecule has 5 rings (SSSR count). The van der Waals surface area contributed by atoms with Crippen LogP contribution in [-0.4, -0.2) is 159 Å². The van der Waals surface area contributed by atoms with Gasteiger partial charge in [-0.25, -0.2) is 9.18 Å². The Hall–Kier alpha value is -2.30. The van der Waals surface area contributed by atoms with Crippen LogP contribution in [-0.2, 0) is 31.2 Å². The maximum Gasteiger partial charge on any atom is 0.363 e. The molecule has 2 saturated heterocycles. The number of benzene rings is 2. The Balaban J connectivity index is 0.00000325. The minimum atomic E-state index is -5.02. The van der Waals surface area contributed by atoms with E-state index >= 15 is 4.39 Å². The van der Waals surface area contributed by atoms with Crippen LogP contribution < -0.4 is 25.7 Å². The molecule has 2 atom stereocenters. The number of pyridine rings is 1. The molecule has 15 nitrogen and oxygen atoms in total. The maximum atomic E-state index is 15.1. The fraction of sp³-hybridized carbons (Fsp3) is 0.321. The number of thiocarbonyl (C=S) groups is 1. The number of fused-ring (bicyclic) bond motifs is 1. The fourth-order valence-electron chi connectivity index (χ4n) is 5.06. The molecule has 0 bridgehead atoms. The van der Waals surface area contributed by atoms with Gasteiger partial charge in [0.25, 0.3) is 11.8 Å². The van der Waals surface area contributed by atoms with Gasteiger partial charge in [0.15, 0.2) is 6.61 Å².